The Morgan fingerprint density at radius 2 is 2.41 bits per heavy atom. The molecule has 17 heavy (non-hydrogen) atoms. The highest BCUT2D eigenvalue weighted by molar-refractivity contribution is 6.30. The fourth-order valence-corrected chi connectivity index (χ4v) is 1.50. The molecule has 7 heteroatoms. The number of ether oxygens (including phenoxy) is 1. The van der Waals surface area contributed by atoms with Gasteiger partial charge in [-0.2, -0.15) is 0 Å². The molecule has 0 spiro atoms. The average Bonchev–Trinajstić information content (AvgIpc) is 2.61. The molecule has 90 valence electrons. The molecule has 2 rings (SSSR count). The molecule has 0 saturated carbocycles. The molecule has 0 fully saturated rings. The van der Waals surface area contributed by atoms with Gasteiger partial charge < -0.3 is 14.3 Å². The van der Waals surface area contributed by atoms with Crippen molar-refractivity contribution in [3.63, 3.8) is 0 Å². The minimum Gasteiger partial charge on any atom is -0.492 e. The first-order valence-electron chi connectivity index (χ1n) is 4.82. The number of halogens is 1. The number of rotatable bonds is 3. The van der Waals surface area contributed by atoms with Gasteiger partial charge in [0.2, 0.25) is 17.5 Å². The van der Waals surface area contributed by atoms with E-state index in [9.17, 15) is 9.90 Å². The highest BCUT2D eigenvalue weighted by Crippen LogP contribution is 2.34. The van der Waals surface area contributed by atoms with Crippen molar-refractivity contribution in [2.75, 3.05) is 6.61 Å². The molecule has 2 heterocycles. The van der Waals surface area contributed by atoms with Crippen LogP contribution in [-0.4, -0.2) is 21.7 Å². The maximum Gasteiger partial charge on any atom is 0.419 e. The molecule has 0 radical (unpaired) electrons. The van der Waals surface area contributed by atoms with Gasteiger partial charge in [-0.15, -0.1) is 0 Å². The van der Waals surface area contributed by atoms with Crippen molar-refractivity contribution < 1.29 is 14.3 Å². The van der Waals surface area contributed by atoms with E-state index in [-0.39, 0.29) is 17.5 Å². The summed E-state index contributed by atoms with van der Waals surface area (Å²) < 4.78 is 10.1. The van der Waals surface area contributed by atoms with E-state index >= 15 is 0 Å². The average molecular weight is 257 g/mol. The molecule has 6 nitrogen and oxygen atoms in total. The van der Waals surface area contributed by atoms with Crippen molar-refractivity contribution in [2.24, 2.45) is 0 Å². The number of oxazole rings is 1. The monoisotopic (exact) mass is 256 g/mol. The van der Waals surface area contributed by atoms with Crippen LogP contribution >= 0.6 is 11.6 Å². The Labute approximate surface area is 101 Å². The fraction of sp³-hybridized carbons (Fsp3) is 0.200. The summed E-state index contributed by atoms with van der Waals surface area (Å²) in [5.74, 6) is -0.969. The third kappa shape index (κ3) is 2.26. The molecular formula is C10H9ClN2O4. The Hall–Kier alpha value is -1.95. The lowest BCUT2D eigenvalue weighted by Crippen LogP contribution is -1.97. The normalized spacial score (nSPS) is 10.5. The Bertz CT molecular complexity index is 590. The Balaban J connectivity index is 2.60. The van der Waals surface area contributed by atoms with Gasteiger partial charge in [0.1, 0.15) is 0 Å². The first-order chi connectivity index (χ1) is 8.11. The number of aromatic hydroxyl groups is 1. The van der Waals surface area contributed by atoms with Crippen LogP contribution in [0.4, 0.5) is 0 Å². The maximum atomic E-state index is 11.0. The minimum atomic E-state index is -0.764. The van der Waals surface area contributed by atoms with Gasteiger partial charge in [0, 0.05) is 6.20 Å². The van der Waals surface area contributed by atoms with Gasteiger partial charge in [-0.05, 0) is 13.0 Å². The first-order valence-corrected chi connectivity index (χ1v) is 5.20. The van der Waals surface area contributed by atoms with E-state index in [1.54, 1.807) is 6.92 Å². The SMILES string of the molecule is CCOc1ncc(Cl)cc1-c1oc(=O)[nH]c1O. The Morgan fingerprint density at radius 3 is 3.00 bits per heavy atom. The van der Waals surface area contributed by atoms with Crippen molar-refractivity contribution in [3.8, 4) is 23.1 Å². The molecule has 2 aromatic heterocycles. The van der Waals surface area contributed by atoms with Gasteiger partial charge >= 0.3 is 5.76 Å². The van der Waals surface area contributed by atoms with Gasteiger partial charge in [0.05, 0.1) is 17.2 Å². The van der Waals surface area contributed by atoms with Crippen molar-refractivity contribution >= 4 is 11.6 Å². The first kappa shape index (κ1) is 11.5. The molecular weight excluding hydrogens is 248 g/mol. The minimum absolute atomic E-state index is 0.0477. The van der Waals surface area contributed by atoms with Crippen molar-refractivity contribution in [2.45, 2.75) is 6.92 Å². The zero-order valence-electron chi connectivity index (χ0n) is 8.86. The standard InChI is InChI=1S/C10H9ClN2O4/c1-2-16-9-6(3-5(11)4-12-9)7-8(14)13-10(15)17-7/h3-4,14H,2H2,1H3,(H,13,15). The number of pyridine rings is 1. The third-order valence-corrected chi connectivity index (χ3v) is 2.18. The molecule has 0 aliphatic carbocycles. The van der Waals surface area contributed by atoms with Gasteiger partial charge in [-0.3, -0.25) is 4.98 Å². The molecule has 0 atom stereocenters. The molecule has 2 aromatic rings. The van der Waals surface area contributed by atoms with Gasteiger partial charge in [-0.25, -0.2) is 9.78 Å². The third-order valence-electron chi connectivity index (χ3n) is 1.97. The van der Waals surface area contributed by atoms with Crippen LogP contribution < -0.4 is 10.5 Å². The zero-order chi connectivity index (χ0) is 12.4. The van der Waals surface area contributed by atoms with E-state index in [4.69, 9.17) is 20.8 Å². The predicted octanol–water partition coefficient (Wildman–Crippen LogP) is 1.79. The summed E-state index contributed by atoms with van der Waals surface area (Å²) in [6, 6.07) is 1.49. The van der Waals surface area contributed by atoms with Crippen LogP contribution in [0.15, 0.2) is 21.5 Å². The Kier molecular flexibility index (Phi) is 3.06. The molecule has 0 bridgehead atoms. The summed E-state index contributed by atoms with van der Waals surface area (Å²) in [6.45, 7) is 2.17. The van der Waals surface area contributed by atoms with Crippen LogP contribution in [0, 0.1) is 0 Å². The van der Waals surface area contributed by atoms with Crippen LogP contribution in [0.1, 0.15) is 6.92 Å². The fourth-order valence-electron chi connectivity index (χ4n) is 1.34. The molecule has 0 aliphatic rings. The Morgan fingerprint density at radius 1 is 1.65 bits per heavy atom. The van der Waals surface area contributed by atoms with Gasteiger partial charge in [-0.1, -0.05) is 11.6 Å². The van der Waals surface area contributed by atoms with Crippen molar-refractivity contribution in [1.82, 2.24) is 9.97 Å². The molecule has 0 aliphatic heterocycles. The summed E-state index contributed by atoms with van der Waals surface area (Å²) in [5.41, 5.74) is 0.315. The lowest BCUT2D eigenvalue weighted by atomic mass is 10.2. The number of hydrogen-bond acceptors (Lipinski definition) is 5. The van der Waals surface area contributed by atoms with Crippen molar-refractivity contribution in [1.29, 1.82) is 0 Å². The number of H-pyrrole nitrogens is 1. The van der Waals surface area contributed by atoms with Crippen LogP contribution in [-0.2, 0) is 0 Å². The van der Waals surface area contributed by atoms with E-state index in [0.717, 1.165) is 0 Å². The van der Waals surface area contributed by atoms with E-state index in [0.29, 0.717) is 17.2 Å². The van der Waals surface area contributed by atoms with Crippen molar-refractivity contribution in [3.05, 3.63) is 27.8 Å². The number of nitrogens with one attached hydrogen (secondary N) is 1. The number of nitrogens with zero attached hydrogens (tertiary/aromatic N) is 1. The van der Waals surface area contributed by atoms with Crippen LogP contribution in [0.25, 0.3) is 11.3 Å². The summed E-state index contributed by atoms with van der Waals surface area (Å²) in [7, 11) is 0. The predicted molar refractivity (Wildman–Crippen MR) is 60.4 cm³/mol. The molecule has 2 N–H and O–H groups in total. The second kappa shape index (κ2) is 4.50. The number of aromatic nitrogens is 2. The quantitative estimate of drug-likeness (QED) is 0.874. The summed E-state index contributed by atoms with van der Waals surface area (Å²) >= 11 is 5.80. The second-order valence-electron chi connectivity index (χ2n) is 3.13. The van der Waals surface area contributed by atoms with Crippen LogP contribution in [0.2, 0.25) is 5.02 Å². The van der Waals surface area contributed by atoms with E-state index < -0.39 is 5.76 Å². The summed E-state index contributed by atoms with van der Waals surface area (Å²) in [6.07, 6.45) is 1.40. The summed E-state index contributed by atoms with van der Waals surface area (Å²) in [4.78, 5) is 17.0. The van der Waals surface area contributed by atoms with E-state index in [1.165, 1.54) is 12.3 Å². The summed E-state index contributed by atoms with van der Waals surface area (Å²) in [5, 5.41) is 9.83. The van der Waals surface area contributed by atoms with Gasteiger partial charge in [0.25, 0.3) is 0 Å². The molecule has 0 saturated heterocycles. The number of hydrogen-bond donors (Lipinski definition) is 2. The highest BCUT2D eigenvalue weighted by atomic mass is 35.5. The smallest absolute Gasteiger partial charge is 0.419 e. The maximum absolute atomic E-state index is 11.0. The van der Waals surface area contributed by atoms with Gasteiger partial charge in [0.15, 0.2) is 0 Å². The molecule has 0 unspecified atom stereocenters. The largest absolute Gasteiger partial charge is 0.492 e. The molecule has 0 amide bonds. The van der Waals surface area contributed by atoms with E-state index in [2.05, 4.69) is 9.97 Å². The highest BCUT2D eigenvalue weighted by Gasteiger charge is 2.17. The second-order valence-corrected chi connectivity index (χ2v) is 3.57. The lowest BCUT2D eigenvalue weighted by Gasteiger charge is -2.06. The topological polar surface area (TPSA) is 88.4 Å². The van der Waals surface area contributed by atoms with Crippen LogP contribution in [0.5, 0.6) is 11.8 Å². The zero-order valence-corrected chi connectivity index (χ0v) is 9.61. The number of aromatic amines is 1. The molecule has 0 aromatic carbocycles. The lowest BCUT2D eigenvalue weighted by molar-refractivity contribution is 0.327. The van der Waals surface area contributed by atoms with E-state index in [1.807, 2.05) is 0 Å². The van der Waals surface area contributed by atoms with Crippen LogP contribution in [0.3, 0.4) is 0 Å².